The molecule has 0 saturated carbocycles. The van der Waals surface area contributed by atoms with Gasteiger partial charge in [0, 0.05) is 12.6 Å². The number of carbonyl (C=O) groups excluding carboxylic acids is 1. The molecule has 0 aromatic heterocycles. The first-order chi connectivity index (χ1) is 10.4. The third-order valence-corrected chi connectivity index (χ3v) is 5.62. The highest BCUT2D eigenvalue weighted by Crippen LogP contribution is 2.18. The standard InChI is InChI=1S/C14H21N3O4S/c1-12(19)15-13-2-4-14(5-3-13)22(20,21)17-8-6-16(7-9-17)10-11-18/h2-5,18H,6-11H2,1H3,(H,15,19)/p+1. The molecule has 1 aromatic carbocycles. The Balaban J connectivity index is 2.06. The molecule has 8 heteroatoms. The maximum atomic E-state index is 12.6. The molecular formula is C14H22N3O4S+. The van der Waals surface area contributed by atoms with Crippen LogP contribution in [0.5, 0.6) is 0 Å². The predicted octanol–water partition coefficient (Wildman–Crippen LogP) is -1.47. The lowest BCUT2D eigenvalue weighted by atomic mass is 10.3. The monoisotopic (exact) mass is 328 g/mol. The van der Waals surface area contributed by atoms with E-state index in [0.29, 0.717) is 38.4 Å². The zero-order valence-electron chi connectivity index (χ0n) is 12.6. The third-order valence-electron chi connectivity index (χ3n) is 3.71. The minimum absolute atomic E-state index is 0.118. The van der Waals surface area contributed by atoms with Gasteiger partial charge in [0.1, 0.15) is 6.54 Å². The molecule has 0 bridgehead atoms. The van der Waals surface area contributed by atoms with E-state index < -0.39 is 10.0 Å². The third kappa shape index (κ3) is 4.04. The van der Waals surface area contributed by atoms with Crippen LogP contribution in [-0.2, 0) is 14.8 Å². The second-order valence-electron chi connectivity index (χ2n) is 5.33. The van der Waals surface area contributed by atoms with Gasteiger partial charge in [-0.1, -0.05) is 0 Å². The Morgan fingerprint density at radius 3 is 2.36 bits per heavy atom. The number of sulfonamides is 1. The second kappa shape index (κ2) is 7.19. The molecule has 1 aliphatic heterocycles. The summed E-state index contributed by atoms with van der Waals surface area (Å²) in [6.45, 7) is 4.47. The number of amides is 1. The number of aliphatic hydroxyl groups is 1. The topological polar surface area (TPSA) is 91.2 Å². The first kappa shape index (κ1) is 16.9. The lowest BCUT2D eigenvalue weighted by Crippen LogP contribution is -3.15. The van der Waals surface area contributed by atoms with Gasteiger partial charge in [-0.05, 0) is 24.3 Å². The van der Waals surface area contributed by atoms with Gasteiger partial charge in [0.15, 0.2) is 0 Å². The normalized spacial score (nSPS) is 17.4. The smallest absolute Gasteiger partial charge is 0.243 e. The highest BCUT2D eigenvalue weighted by Gasteiger charge is 2.30. The first-order valence-corrected chi connectivity index (χ1v) is 8.69. The molecule has 2 rings (SSSR count). The molecule has 1 aromatic rings. The van der Waals surface area contributed by atoms with Gasteiger partial charge in [-0.15, -0.1) is 0 Å². The molecule has 3 N–H and O–H groups in total. The zero-order valence-corrected chi connectivity index (χ0v) is 13.4. The van der Waals surface area contributed by atoms with Gasteiger partial charge in [0.05, 0.1) is 37.7 Å². The van der Waals surface area contributed by atoms with Crippen molar-refractivity contribution < 1.29 is 23.2 Å². The van der Waals surface area contributed by atoms with Gasteiger partial charge >= 0.3 is 0 Å². The summed E-state index contributed by atoms with van der Waals surface area (Å²) in [6.07, 6.45) is 0. The van der Waals surface area contributed by atoms with Crippen LogP contribution in [0.25, 0.3) is 0 Å². The number of carbonyl (C=O) groups is 1. The zero-order chi connectivity index (χ0) is 16.2. The van der Waals surface area contributed by atoms with Crippen LogP contribution in [-0.4, -0.2) is 63.1 Å². The molecule has 0 atom stereocenters. The Labute approximate surface area is 130 Å². The molecule has 0 radical (unpaired) electrons. The van der Waals surface area contributed by atoms with Gasteiger partial charge in [-0.3, -0.25) is 4.79 Å². The van der Waals surface area contributed by atoms with E-state index in [1.807, 2.05) is 0 Å². The largest absolute Gasteiger partial charge is 0.391 e. The van der Waals surface area contributed by atoms with E-state index in [-0.39, 0.29) is 17.4 Å². The fraction of sp³-hybridized carbons (Fsp3) is 0.500. The Hall–Kier alpha value is -1.48. The summed E-state index contributed by atoms with van der Waals surface area (Å²) in [5.41, 5.74) is 0.573. The SMILES string of the molecule is CC(=O)Nc1ccc(S(=O)(=O)N2CC[NH+](CCO)CC2)cc1. The van der Waals surface area contributed by atoms with Crippen LogP contribution in [0.1, 0.15) is 6.92 Å². The van der Waals surface area contributed by atoms with Gasteiger partial charge in [-0.25, -0.2) is 8.42 Å². The number of piperazine rings is 1. The average molecular weight is 328 g/mol. The Morgan fingerprint density at radius 2 is 1.86 bits per heavy atom. The van der Waals surface area contributed by atoms with E-state index in [1.54, 1.807) is 12.1 Å². The number of nitrogens with zero attached hydrogens (tertiary/aromatic N) is 1. The Bertz CT molecular complexity index is 607. The van der Waals surface area contributed by atoms with Crippen molar-refractivity contribution in [2.45, 2.75) is 11.8 Å². The van der Waals surface area contributed by atoms with Crippen LogP contribution in [0, 0.1) is 0 Å². The highest BCUT2D eigenvalue weighted by molar-refractivity contribution is 7.89. The van der Waals surface area contributed by atoms with E-state index in [2.05, 4.69) is 5.32 Å². The average Bonchev–Trinajstić information content (AvgIpc) is 2.48. The van der Waals surface area contributed by atoms with E-state index in [4.69, 9.17) is 5.11 Å². The maximum absolute atomic E-state index is 12.6. The lowest BCUT2D eigenvalue weighted by Gasteiger charge is -2.31. The molecule has 22 heavy (non-hydrogen) atoms. The number of hydrogen-bond donors (Lipinski definition) is 3. The molecular weight excluding hydrogens is 306 g/mol. The predicted molar refractivity (Wildman–Crippen MR) is 82.2 cm³/mol. The number of quaternary nitrogens is 1. The van der Waals surface area contributed by atoms with Crippen molar-refractivity contribution in [1.82, 2.24) is 4.31 Å². The van der Waals surface area contributed by atoms with Crippen LogP contribution >= 0.6 is 0 Å². The molecule has 0 spiro atoms. The van der Waals surface area contributed by atoms with Crippen LogP contribution in [0.2, 0.25) is 0 Å². The Kier molecular flexibility index (Phi) is 5.52. The van der Waals surface area contributed by atoms with E-state index in [1.165, 1.54) is 28.3 Å². The number of hydrogen-bond acceptors (Lipinski definition) is 4. The molecule has 1 aliphatic rings. The lowest BCUT2D eigenvalue weighted by molar-refractivity contribution is -0.904. The number of nitrogens with one attached hydrogen (secondary N) is 2. The minimum atomic E-state index is -3.50. The summed E-state index contributed by atoms with van der Waals surface area (Å²) in [7, 11) is -3.50. The second-order valence-corrected chi connectivity index (χ2v) is 7.27. The summed E-state index contributed by atoms with van der Waals surface area (Å²) in [5, 5.41) is 11.5. The van der Waals surface area contributed by atoms with Gasteiger partial charge in [0.25, 0.3) is 0 Å². The summed E-state index contributed by atoms with van der Waals surface area (Å²) >= 11 is 0. The number of rotatable bonds is 5. The summed E-state index contributed by atoms with van der Waals surface area (Å²) in [4.78, 5) is 12.4. The van der Waals surface area contributed by atoms with Crippen LogP contribution in [0.15, 0.2) is 29.2 Å². The summed E-state index contributed by atoms with van der Waals surface area (Å²) in [5.74, 6) is -0.196. The van der Waals surface area contributed by atoms with Gasteiger partial charge in [-0.2, -0.15) is 4.31 Å². The van der Waals surface area contributed by atoms with Crippen molar-refractivity contribution in [1.29, 1.82) is 0 Å². The molecule has 122 valence electrons. The molecule has 0 unspecified atom stereocenters. The van der Waals surface area contributed by atoms with Crippen molar-refractivity contribution in [3.05, 3.63) is 24.3 Å². The molecule has 1 amide bonds. The van der Waals surface area contributed by atoms with Crippen LogP contribution in [0.4, 0.5) is 5.69 Å². The molecule has 7 nitrogen and oxygen atoms in total. The quantitative estimate of drug-likeness (QED) is 0.615. The minimum Gasteiger partial charge on any atom is -0.391 e. The van der Waals surface area contributed by atoms with Crippen LogP contribution in [0.3, 0.4) is 0 Å². The summed E-state index contributed by atoms with van der Waals surface area (Å²) in [6, 6.07) is 6.18. The van der Waals surface area contributed by atoms with Crippen molar-refractivity contribution >= 4 is 21.6 Å². The number of aliphatic hydroxyl groups excluding tert-OH is 1. The van der Waals surface area contributed by atoms with Gasteiger partial charge < -0.3 is 15.3 Å². The molecule has 1 fully saturated rings. The fourth-order valence-corrected chi connectivity index (χ4v) is 3.95. The van der Waals surface area contributed by atoms with E-state index in [9.17, 15) is 13.2 Å². The first-order valence-electron chi connectivity index (χ1n) is 7.25. The number of anilines is 1. The number of benzene rings is 1. The maximum Gasteiger partial charge on any atom is 0.243 e. The van der Waals surface area contributed by atoms with Crippen molar-refractivity contribution in [2.24, 2.45) is 0 Å². The van der Waals surface area contributed by atoms with Crippen molar-refractivity contribution in [3.63, 3.8) is 0 Å². The highest BCUT2D eigenvalue weighted by atomic mass is 32.2. The Morgan fingerprint density at radius 1 is 1.27 bits per heavy atom. The van der Waals surface area contributed by atoms with Gasteiger partial charge in [0.2, 0.25) is 15.9 Å². The van der Waals surface area contributed by atoms with Crippen LogP contribution < -0.4 is 10.2 Å². The molecule has 1 saturated heterocycles. The van der Waals surface area contributed by atoms with Crippen molar-refractivity contribution in [2.75, 3.05) is 44.6 Å². The van der Waals surface area contributed by atoms with E-state index >= 15 is 0 Å². The van der Waals surface area contributed by atoms with E-state index in [0.717, 1.165) is 0 Å². The fourth-order valence-electron chi connectivity index (χ4n) is 2.51. The van der Waals surface area contributed by atoms with Crippen molar-refractivity contribution in [3.8, 4) is 0 Å². The molecule has 1 heterocycles. The molecule has 0 aliphatic carbocycles. The summed E-state index contributed by atoms with van der Waals surface area (Å²) < 4.78 is 26.6.